The van der Waals surface area contributed by atoms with Crippen LogP contribution in [0.15, 0.2) is 29.4 Å². The van der Waals surface area contributed by atoms with Crippen molar-refractivity contribution in [1.82, 2.24) is 15.2 Å². The monoisotopic (exact) mass is 538 g/mol. The van der Waals surface area contributed by atoms with E-state index in [1.54, 1.807) is 45.0 Å². The smallest absolute Gasteiger partial charge is 0.348 e. The maximum atomic E-state index is 12.6. The molecule has 1 amide bonds. The number of nitrogens with one attached hydrogen (secondary N) is 2. The maximum absolute atomic E-state index is 12.6. The number of aromatic amines is 1. The lowest BCUT2D eigenvalue weighted by molar-refractivity contribution is -0.113. The van der Waals surface area contributed by atoms with Gasteiger partial charge in [0.1, 0.15) is 22.2 Å². The molecular formula is C22H23ClN4O6S2. The first-order valence-corrected chi connectivity index (χ1v) is 12.7. The number of thioether (sulfide) groups is 1. The summed E-state index contributed by atoms with van der Waals surface area (Å²) in [5.41, 5.74) is 0.534. The van der Waals surface area contributed by atoms with Gasteiger partial charge in [0, 0.05) is 5.02 Å². The predicted octanol–water partition coefficient (Wildman–Crippen LogP) is 4.49. The van der Waals surface area contributed by atoms with Crippen LogP contribution in [0.25, 0.3) is 0 Å². The highest BCUT2D eigenvalue weighted by Crippen LogP contribution is 2.34. The molecule has 0 unspecified atom stereocenters. The van der Waals surface area contributed by atoms with Crippen molar-refractivity contribution in [1.29, 1.82) is 0 Å². The van der Waals surface area contributed by atoms with Crippen LogP contribution in [0.4, 0.5) is 5.00 Å². The minimum Gasteiger partial charge on any atom is -0.486 e. The van der Waals surface area contributed by atoms with Gasteiger partial charge in [0.05, 0.1) is 24.5 Å². The minimum absolute atomic E-state index is 0.0245. The van der Waals surface area contributed by atoms with E-state index < -0.39 is 17.8 Å². The van der Waals surface area contributed by atoms with Crippen LogP contribution in [0, 0.1) is 6.92 Å². The number of hydrogen-bond acceptors (Lipinski definition) is 10. The SMILES string of the molecule is CCOC(=O)c1sc(NC(=O)CSc2n[nH]c(COc3ccc(Cl)cc3)n2)c(C(=O)OCC)c1C. The zero-order valence-electron chi connectivity index (χ0n) is 19.2. The number of anilines is 1. The largest absolute Gasteiger partial charge is 0.486 e. The third-order valence-corrected chi connectivity index (χ3v) is 6.66. The summed E-state index contributed by atoms with van der Waals surface area (Å²) in [4.78, 5) is 41.8. The van der Waals surface area contributed by atoms with Gasteiger partial charge in [0.25, 0.3) is 0 Å². The van der Waals surface area contributed by atoms with E-state index in [2.05, 4.69) is 20.5 Å². The van der Waals surface area contributed by atoms with E-state index in [0.29, 0.717) is 27.3 Å². The van der Waals surface area contributed by atoms with Crippen molar-refractivity contribution in [2.75, 3.05) is 24.3 Å². The minimum atomic E-state index is -0.626. The molecule has 10 nitrogen and oxygen atoms in total. The molecule has 0 saturated carbocycles. The van der Waals surface area contributed by atoms with Gasteiger partial charge in [0.15, 0.2) is 5.82 Å². The molecule has 3 rings (SSSR count). The highest BCUT2D eigenvalue weighted by Gasteiger charge is 2.27. The van der Waals surface area contributed by atoms with Gasteiger partial charge in [-0.3, -0.25) is 9.89 Å². The highest BCUT2D eigenvalue weighted by molar-refractivity contribution is 7.99. The molecule has 0 aliphatic heterocycles. The molecule has 0 aliphatic carbocycles. The first-order chi connectivity index (χ1) is 16.8. The number of H-pyrrole nitrogens is 1. The fraction of sp³-hybridized carbons (Fsp3) is 0.318. The molecule has 0 atom stereocenters. The summed E-state index contributed by atoms with van der Waals surface area (Å²) in [7, 11) is 0. The van der Waals surface area contributed by atoms with Gasteiger partial charge in [0.2, 0.25) is 11.1 Å². The third kappa shape index (κ3) is 7.20. The summed E-state index contributed by atoms with van der Waals surface area (Å²) < 4.78 is 15.8. The average molecular weight is 539 g/mol. The Morgan fingerprint density at radius 1 is 1.11 bits per heavy atom. The Morgan fingerprint density at radius 2 is 1.80 bits per heavy atom. The van der Waals surface area contributed by atoms with Crippen LogP contribution < -0.4 is 10.1 Å². The fourth-order valence-corrected chi connectivity index (χ4v) is 4.67. The van der Waals surface area contributed by atoms with Crippen LogP contribution >= 0.6 is 34.7 Å². The zero-order valence-corrected chi connectivity index (χ0v) is 21.6. The van der Waals surface area contributed by atoms with E-state index in [-0.39, 0.29) is 41.0 Å². The molecular weight excluding hydrogens is 516 g/mol. The molecule has 0 radical (unpaired) electrons. The second-order valence-corrected chi connectivity index (χ2v) is 9.24. The van der Waals surface area contributed by atoms with Gasteiger partial charge >= 0.3 is 11.9 Å². The number of benzene rings is 1. The highest BCUT2D eigenvalue weighted by atomic mass is 35.5. The van der Waals surface area contributed by atoms with Crippen LogP contribution in [-0.2, 0) is 20.9 Å². The summed E-state index contributed by atoms with van der Waals surface area (Å²) in [5, 5.41) is 10.7. The van der Waals surface area contributed by atoms with E-state index in [9.17, 15) is 14.4 Å². The number of thiophene rings is 1. The van der Waals surface area contributed by atoms with Crippen LogP contribution in [0.5, 0.6) is 5.75 Å². The van der Waals surface area contributed by atoms with Crippen molar-refractivity contribution in [3.8, 4) is 5.75 Å². The molecule has 2 aromatic heterocycles. The average Bonchev–Trinajstić information content (AvgIpc) is 3.41. The molecule has 0 spiro atoms. The van der Waals surface area contributed by atoms with E-state index in [0.717, 1.165) is 23.1 Å². The van der Waals surface area contributed by atoms with E-state index in [1.165, 1.54) is 0 Å². The molecule has 0 fully saturated rings. The quantitative estimate of drug-likeness (QED) is 0.267. The molecule has 1 aromatic carbocycles. The maximum Gasteiger partial charge on any atom is 0.348 e. The Balaban J connectivity index is 1.61. The number of hydrogen-bond donors (Lipinski definition) is 2. The van der Waals surface area contributed by atoms with Gasteiger partial charge in [-0.15, -0.1) is 16.4 Å². The molecule has 0 aliphatic rings. The number of halogens is 1. The number of aromatic nitrogens is 3. The molecule has 2 N–H and O–H groups in total. The molecule has 2 heterocycles. The molecule has 0 bridgehead atoms. The number of nitrogens with zero attached hydrogens (tertiary/aromatic N) is 2. The first-order valence-electron chi connectivity index (χ1n) is 10.5. The fourth-order valence-electron chi connectivity index (χ4n) is 2.82. The number of esters is 2. The lowest BCUT2D eigenvalue weighted by atomic mass is 10.1. The lowest BCUT2D eigenvalue weighted by Gasteiger charge is -2.06. The topological polar surface area (TPSA) is 132 Å². The van der Waals surface area contributed by atoms with Crippen molar-refractivity contribution in [2.24, 2.45) is 0 Å². The predicted molar refractivity (Wildman–Crippen MR) is 132 cm³/mol. The summed E-state index contributed by atoms with van der Waals surface area (Å²) >= 11 is 7.92. The summed E-state index contributed by atoms with van der Waals surface area (Å²) in [6.45, 7) is 5.47. The second-order valence-electron chi connectivity index (χ2n) is 6.85. The molecule has 35 heavy (non-hydrogen) atoms. The summed E-state index contributed by atoms with van der Waals surface area (Å²) in [5.74, 6) is -0.501. The van der Waals surface area contributed by atoms with Gasteiger partial charge in [-0.25, -0.2) is 14.6 Å². The van der Waals surface area contributed by atoms with Gasteiger partial charge in [-0.2, -0.15) is 0 Å². The van der Waals surface area contributed by atoms with Gasteiger partial charge in [-0.05, 0) is 50.6 Å². The second kappa shape index (κ2) is 12.6. The zero-order chi connectivity index (χ0) is 25.4. The standard InChI is InChI=1S/C22H23ClN4O6S2/c1-4-31-20(29)17-12(3)18(21(30)32-5-2)35-19(17)25-16(28)11-34-22-24-15(26-27-22)10-33-14-8-6-13(23)7-9-14/h6-9H,4-5,10-11H2,1-3H3,(H,25,28)(H,24,26,27). The van der Waals surface area contributed by atoms with Gasteiger partial charge < -0.3 is 19.5 Å². The Labute approximate surface area is 214 Å². The van der Waals surface area contributed by atoms with Crippen molar-refractivity contribution in [2.45, 2.75) is 32.5 Å². The van der Waals surface area contributed by atoms with E-state index >= 15 is 0 Å². The van der Waals surface area contributed by atoms with Crippen LogP contribution in [0.2, 0.25) is 5.02 Å². The Hall–Kier alpha value is -3.09. The lowest BCUT2D eigenvalue weighted by Crippen LogP contribution is -2.16. The number of rotatable bonds is 11. The number of ether oxygens (including phenoxy) is 3. The Morgan fingerprint density at radius 3 is 2.49 bits per heavy atom. The van der Waals surface area contributed by atoms with Crippen LogP contribution in [-0.4, -0.2) is 52.0 Å². The first kappa shape index (κ1) is 26.5. The number of carbonyl (C=O) groups is 3. The number of amides is 1. The van der Waals surface area contributed by atoms with Crippen molar-refractivity contribution >= 4 is 57.5 Å². The van der Waals surface area contributed by atoms with E-state index in [1.807, 2.05) is 0 Å². The molecule has 186 valence electrons. The Kier molecular flexibility index (Phi) is 9.52. The van der Waals surface area contributed by atoms with Crippen molar-refractivity contribution < 1.29 is 28.6 Å². The normalized spacial score (nSPS) is 10.6. The summed E-state index contributed by atoms with van der Waals surface area (Å²) in [6.07, 6.45) is 0. The number of carbonyl (C=O) groups excluding carboxylic acids is 3. The summed E-state index contributed by atoms with van der Waals surface area (Å²) in [6, 6.07) is 6.91. The molecule has 13 heteroatoms. The third-order valence-electron chi connectivity index (χ3n) is 4.37. The molecule has 0 saturated heterocycles. The van der Waals surface area contributed by atoms with Gasteiger partial charge in [-0.1, -0.05) is 23.4 Å². The Bertz CT molecular complexity index is 1200. The van der Waals surface area contributed by atoms with Crippen LogP contribution in [0.3, 0.4) is 0 Å². The molecule has 3 aromatic rings. The van der Waals surface area contributed by atoms with Crippen molar-refractivity contribution in [3.63, 3.8) is 0 Å². The van der Waals surface area contributed by atoms with E-state index in [4.69, 9.17) is 25.8 Å². The van der Waals surface area contributed by atoms with Crippen LogP contribution in [0.1, 0.15) is 45.3 Å². The van der Waals surface area contributed by atoms with Crippen molar-refractivity contribution in [3.05, 3.63) is 51.1 Å².